The fourth-order valence-electron chi connectivity index (χ4n) is 5.07. The molecule has 4 aromatic rings. The van der Waals surface area contributed by atoms with Gasteiger partial charge in [0.1, 0.15) is 6.61 Å². The second-order valence-electron chi connectivity index (χ2n) is 10.4. The topological polar surface area (TPSA) is 115 Å². The number of esters is 2. The summed E-state index contributed by atoms with van der Waals surface area (Å²) in [5, 5.41) is 0.371. The highest BCUT2D eigenvalue weighted by atomic mass is 79.9. The Morgan fingerprint density at radius 1 is 1.02 bits per heavy atom. The summed E-state index contributed by atoms with van der Waals surface area (Å²) in [6, 6.07) is 17.4. The molecular formula is C35H32BrClN2O8S. The Morgan fingerprint density at radius 2 is 1.79 bits per heavy atom. The summed E-state index contributed by atoms with van der Waals surface area (Å²) in [6.45, 7) is 5.67. The lowest BCUT2D eigenvalue weighted by Crippen LogP contribution is -2.40. The molecule has 0 spiro atoms. The van der Waals surface area contributed by atoms with E-state index in [-0.39, 0.29) is 24.3 Å². The zero-order valence-corrected chi connectivity index (χ0v) is 29.7. The first-order valence-corrected chi connectivity index (χ1v) is 17.0. The number of thiazole rings is 1. The lowest BCUT2D eigenvalue weighted by Gasteiger charge is -2.25. The van der Waals surface area contributed by atoms with Crippen molar-refractivity contribution in [2.45, 2.75) is 33.4 Å². The number of carbonyl (C=O) groups is 2. The van der Waals surface area contributed by atoms with Gasteiger partial charge in [-0.3, -0.25) is 9.36 Å². The number of benzene rings is 3. The van der Waals surface area contributed by atoms with E-state index in [9.17, 15) is 14.4 Å². The predicted molar refractivity (Wildman–Crippen MR) is 185 cm³/mol. The van der Waals surface area contributed by atoms with Gasteiger partial charge in [0, 0.05) is 0 Å². The number of methoxy groups -OCH3 is 1. The summed E-state index contributed by atoms with van der Waals surface area (Å²) in [7, 11) is 1.27. The number of aromatic nitrogens is 1. The Balaban J connectivity index is 1.58. The number of nitrogens with zero attached hydrogens (tertiary/aromatic N) is 2. The van der Waals surface area contributed by atoms with E-state index in [1.165, 1.54) is 23.0 Å². The van der Waals surface area contributed by atoms with Gasteiger partial charge in [-0.05, 0) is 83.7 Å². The minimum atomic E-state index is -0.889. The maximum Gasteiger partial charge on any atom is 0.343 e. The third kappa shape index (κ3) is 7.67. The molecule has 0 bridgehead atoms. The second kappa shape index (κ2) is 15.7. The standard InChI is InChI=1S/C35H32BrClN2O8S/c1-5-44-27-17-23(12-13-26(27)46-19-29(40)43-4)31-30(34(42)45-6-2)20(3)38-35-39(31)33(41)28(48-35)16-22-14-24(36)32(25(37)15-22)47-18-21-10-8-7-9-11-21/h7-17,31H,5-6,18-19H2,1-4H3/b28-16-/t31-/m1/s1. The number of fused-ring (bicyclic) bond motifs is 1. The summed E-state index contributed by atoms with van der Waals surface area (Å²) in [5.74, 6) is -0.0374. The number of rotatable bonds is 12. The van der Waals surface area contributed by atoms with Crippen LogP contribution in [0.15, 0.2) is 86.2 Å². The first kappa shape index (κ1) is 34.9. The van der Waals surface area contributed by atoms with Gasteiger partial charge in [-0.25, -0.2) is 14.6 Å². The maximum atomic E-state index is 14.1. The van der Waals surface area contributed by atoms with E-state index in [4.69, 9.17) is 30.5 Å². The molecule has 250 valence electrons. The van der Waals surface area contributed by atoms with Gasteiger partial charge in [0.05, 0.1) is 51.7 Å². The molecule has 13 heteroatoms. The van der Waals surface area contributed by atoms with Crippen LogP contribution in [0.4, 0.5) is 0 Å². The second-order valence-corrected chi connectivity index (χ2v) is 12.7. The number of halogens is 2. The minimum absolute atomic E-state index is 0.137. The molecule has 0 N–H and O–H groups in total. The van der Waals surface area contributed by atoms with Crippen molar-refractivity contribution in [3.8, 4) is 17.2 Å². The summed E-state index contributed by atoms with van der Waals surface area (Å²) in [5.41, 5.74) is 2.48. The van der Waals surface area contributed by atoms with Crippen LogP contribution in [-0.2, 0) is 25.7 Å². The van der Waals surface area contributed by atoms with Gasteiger partial charge < -0.3 is 23.7 Å². The molecule has 0 saturated carbocycles. The number of carbonyl (C=O) groups excluding carboxylic acids is 2. The third-order valence-corrected chi connectivity index (χ3v) is 9.07. The average molecular weight is 756 g/mol. The van der Waals surface area contributed by atoms with Crippen molar-refractivity contribution in [1.29, 1.82) is 0 Å². The minimum Gasteiger partial charge on any atom is -0.490 e. The van der Waals surface area contributed by atoms with Gasteiger partial charge in [-0.15, -0.1) is 0 Å². The van der Waals surface area contributed by atoms with Crippen LogP contribution in [0.25, 0.3) is 6.08 Å². The molecule has 0 fully saturated rings. The first-order chi connectivity index (χ1) is 23.1. The number of hydrogen-bond donors (Lipinski definition) is 0. The number of allylic oxidation sites excluding steroid dienone is 1. The van der Waals surface area contributed by atoms with E-state index in [0.717, 1.165) is 5.56 Å². The highest BCUT2D eigenvalue weighted by molar-refractivity contribution is 9.10. The molecule has 0 unspecified atom stereocenters. The van der Waals surface area contributed by atoms with E-state index in [0.29, 0.717) is 66.1 Å². The largest absolute Gasteiger partial charge is 0.490 e. The monoisotopic (exact) mass is 754 g/mol. The fraction of sp³-hybridized carbons (Fsp3) is 0.257. The Kier molecular flexibility index (Phi) is 11.4. The van der Waals surface area contributed by atoms with E-state index >= 15 is 0 Å². The molecule has 0 radical (unpaired) electrons. The van der Waals surface area contributed by atoms with Gasteiger partial charge in [0.15, 0.2) is 28.7 Å². The fourth-order valence-corrected chi connectivity index (χ4v) is 7.10. The molecular weight excluding hydrogens is 724 g/mol. The quantitative estimate of drug-likeness (QED) is 0.168. The van der Waals surface area contributed by atoms with Crippen LogP contribution in [0.1, 0.15) is 43.5 Å². The van der Waals surface area contributed by atoms with E-state index in [2.05, 4.69) is 25.7 Å². The molecule has 1 aromatic heterocycles. The van der Waals surface area contributed by atoms with Crippen molar-refractivity contribution in [3.05, 3.63) is 118 Å². The first-order valence-electron chi connectivity index (χ1n) is 15.0. The molecule has 1 atom stereocenters. The van der Waals surface area contributed by atoms with Crippen molar-refractivity contribution >= 4 is 56.9 Å². The van der Waals surface area contributed by atoms with Crippen LogP contribution in [-0.4, -0.2) is 43.4 Å². The van der Waals surface area contributed by atoms with Gasteiger partial charge >= 0.3 is 11.9 Å². The van der Waals surface area contributed by atoms with Crippen molar-refractivity contribution < 1.29 is 33.3 Å². The van der Waals surface area contributed by atoms with Crippen molar-refractivity contribution in [2.75, 3.05) is 26.9 Å². The van der Waals surface area contributed by atoms with Crippen LogP contribution >= 0.6 is 38.9 Å². The zero-order chi connectivity index (χ0) is 34.4. The predicted octanol–water partition coefficient (Wildman–Crippen LogP) is 5.74. The van der Waals surface area contributed by atoms with Crippen molar-refractivity contribution in [2.24, 2.45) is 4.99 Å². The summed E-state index contributed by atoms with van der Waals surface area (Å²) in [6.07, 6.45) is 1.72. The van der Waals surface area contributed by atoms with Gasteiger partial charge in [0.25, 0.3) is 5.56 Å². The van der Waals surface area contributed by atoms with E-state index in [1.807, 2.05) is 36.4 Å². The average Bonchev–Trinajstić information content (AvgIpc) is 3.37. The Bertz CT molecular complexity index is 2040. The number of hydrogen-bond acceptors (Lipinski definition) is 10. The zero-order valence-electron chi connectivity index (χ0n) is 26.6. The van der Waals surface area contributed by atoms with Crippen molar-refractivity contribution in [1.82, 2.24) is 4.57 Å². The smallest absolute Gasteiger partial charge is 0.343 e. The highest BCUT2D eigenvalue weighted by Crippen LogP contribution is 2.37. The van der Waals surface area contributed by atoms with Crippen molar-refractivity contribution in [3.63, 3.8) is 0 Å². The molecule has 10 nitrogen and oxygen atoms in total. The summed E-state index contributed by atoms with van der Waals surface area (Å²) >= 11 is 11.4. The van der Waals surface area contributed by atoms with E-state index in [1.54, 1.807) is 51.1 Å². The summed E-state index contributed by atoms with van der Waals surface area (Å²) in [4.78, 5) is 44.3. The van der Waals surface area contributed by atoms with E-state index < -0.39 is 18.0 Å². The van der Waals surface area contributed by atoms with Gasteiger partial charge in [-0.2, -0.15) is 0 Å². The molecule has 0 amide bonds. The van der Waals surface area contributed by atoms with Gasteiger partial charge in [0.2, 0.25) is 0 Å². The Labute approximate surface area is 294 Å². The lowest BCUT2D eigenvalue weighted by molar-refractivity contribution is -0.143. The van der Waals surface area contributed by atoms with Crippen LogP contribution in [0.3, 0.4) is 0 Å². The molecule has 0 saturated heterocycles. The molecule has 1 aliphatic heterocycles. The lowest BCUT2D eigenvalue weighted by atomic mass is 9.95. The van der Waals surface area contributed by atoms with Crippen LogP contribution in [0.2, 0.25) is 5.02 Å². The molecule has 2 heterocycles. The van der Waals surface area contributed by atoms with Gasteiger partial charge in [-0.1, -0.05) is 59.3 Å². The molecule has 0 aliphatic carbocycles. The van der Waals surface area contributed by atoms with Crippen LogP contribution in [0, 0.1) is 0 Å². The highest BCUT2D eigenvalue weighted by Gasteiger charge is 2.34. The normalized spacial score (nSPS) is 14.2. The Hall–Kier alpha value is -4.39. The molecule has 5 rings (SSSR count). The SMILES string of the molecule is CCOC(=O)C1=C(C)N=c2s/c(=C\c3cc(Cl)c(OCc4ccccc4)c(Br)c3)c(=O)n2[C@@H]1c1ccc(OCC(=O)OC)c(OCC)c1. The third-order valence-electron chi connectivity index (χ3n) is 7.22. The molecule has 1 aliphatic rings. The Morgan fingerprint density at radius 3 is 2.48 bits per heavy atom. The number of ether oxygens (including phenoxy) is 5. The van der Waals surface area contributed by atoms with Crippen LogP contribution in [0.5, 0.6) is 17.2 Å². The molecule has 3 aromatic carbocycles. The maximum absolute atomic E-state index is 14.1. The summed E-state index contributed by atoms with van der Waals surface area (Å²) < 4.78 is 30.0. The van der Waals surface area contributed by atoms with Crippen LogP contribution < -0.4 is 29.1 Å². The molecule has 48 heavy (non-hydrogen) atoms.